The van der Waals surface area contributed by atoms with Crippen LogP contribution in [0.2, 0.25) is 0 Å². The lowest BCUT2D eigenvalue weighted by Crippen LogP contribution is -2.43. The largest absolute Gasteiger partial charge is 0.315 e. The van der Waals surface area contributed by atoms with Gasteiger partial charge in [0.2, 0.25) is 15.9 Å². The van der Waals surface area contributed by atoms with E-state index in [1.165, 1.54) is 0 Å². The Labute approximate surface area is 103 Å². The first kappa shape index (κ1) is 14.4. The lowest BCUT2D eigenvalue weighted by molar-refractivity contribution is -0.120. The molecule has 0 aromatic rings. The number of carbonyl (C=O) groups excluding carboxylic acids is 1. The third-order valence-electron chi connectivity index (χ3n) is 2.68. The van der Waals surface area contributed by atoms with Crippen molar-refractivity contribution in [3.05, 3.63) is 0 Å². The predicted molar refractivity (Wildman–Crippen MR) is 66.1 cm³/mol. The summed E-state index contributed by atoms with van der Waals surface area (Å²) in [7, 11) is -3.50. The van der Waals surface area contributed by atoms with Gasteiger partial charge in [-0.1, -0.05) is 0 Å². The molecule has 1 aliphatic heterocycles. The van der Waals surface area contributed by atoms with Gasteiger partial charge in [0, 0.05) is 13.1 Å². The molecule has 6 nitrogen and oxygen atoms in total. The molecule has 1 fully saturated rings. The molecule has 1 heterocycles. The highest BCUT2D eigenvalue weighted by molar-refractivity contribution is 7.90. The number of nitrogens with one attached hydrogen (secondary N) is 2. The normalized spacial score (nSPS) is 19.0. The molecule has 0 radical (unpaired) electrons. The van der Waals surface area contributed by atoms with Gasteiger partial charge in [0.05, 0.1) is 11.8 Å². The van der Waals surface area contributed by atoms with Crippen LogP contribution in [-0.2, 0) is 14.8 Å². The van der Waals surface area contributed by atoms with Gasteiger partial charge < -0.3 is 5.32 Å². The first-order valence-corrected chi connectivity index (χ1v) is 7.44. The predicted octanol–water partition coefficient (Wildman–Crippen LogP) is -0.864. The molecule has 17 heavy (non-hydrogen) atoms. The van der Waals surface area contributed by atoms with Crippen molar-refractivity contribution in [2.75, 3.05) is 32.7 Å². The van der Waals surface area contributed by atoms with Gasteiger partial charge in [0.15, 0.2) is 0 Å². The smallest absolute Gasteiger partial charge is 0.247 e. The summed E-state index contributed by atoms with van der Waals surface area (Å²) in [6.07, 6.45) is 0.976. The number of hydrogen-bond acceptors (Lipinski definition) is 5. The molecule has 0 atom stereocenters. The van der Waals surface area contributed by atoms with Crippen LogP contribution in [0.4, 0.5) is 0 Å². The molecule has 1 aliphatic rings. The molecule has 0 aromatic carbocycles. The van der Waals surface area contributed by atoms with Crippen LogP contribution in [-0.4, -0.2) is 57.2 Å². The van der Waals surface area contributed by atoms with Crippen molar-refractivity contribution < 1.29 is 13.2 Å². The van der Waals surface area contributed by atoms with Crippen LogP contribution in [0.5, 0.6) is 0 Å². The van der Waals surface area contributed by atoms with E-state index < -0.39 is 21.2 Å². The van der Waals surface area contributed by atoms with Crippen molar-refractivity contribution in [3.63, 3.8) is 0 Å². The minimum atomic E-state index is -3.50. The zero-order chi connectivity index (χ0) is 12.9. The minimum absolute atomic E-state index is 0.146. The number of carbonyl (C=O) groups is 1. The molecular formula is C10H21N3O3S. The van der Waals surface area contributed by atoms with Gasteiger partial charge in [-0.05, 0) is 33.4 Å². The van der Waals surface area contributed by atoms with Gasteiger partial charge in [-0.3, -0.25) is 14.4 Å². The van der Waals surface area contributed by atoms with Gasteiger partial charge in [-0.15, -0.1) is 0 Å². The summed E-state index contributed by atoms with van der Waals surface area (Å²) in [5.41, 5.74) is 0. The summed E-state index contributed by atoms with van der Waals surface area (Å²) in [5.74, 6) is -0.444. The Morgan fingerprint density at radius 2 is 2.06 bits per heavy atom. The van der Waals surface area contributed by atoms with E-state index in [0.717, 1.165) is 32.6 Å². The molecule has 2 N–H and O–H groups in total. The Morgan fingerprint density at radius 3 is 2.71 bits per heavy atom. The highest BCUT2D eigenvalue weighted by atomic mass is 32.2. The standard InChI is InChI=1S/C10H21N3O3S/c1-9(2)17(15,16)12-10(14)8-13-6-3-4-11-5-7-13/h9,11H,3-8H2,1-2H3,(H,12,14). The van der Waals surface area contributed by atoms with Gasteiger partial charge in [-0.2, -0.15) is 0 Å². The summed E-state index contributed by atoms with van der Waals surface area (Å²) in [6, 6.07) is 0. The highest BCUT2D eigenvalue weighted by Crippen LogP contribution is 1.98. The average Bonchev–Trinajstić information content (AvgIpc) is 2.45. The Balaban J connectivity index is 2.43. The summed E-state index contributed by atoms with van der Waals surface area (Å²) in [5, 5.41) is 2.64. The minimum Gasteiger partial charge on any atom is -0.315 e. The van der Waals surface area contributed by atoms with E-state index in [-0.39, 0.29) is 6.54 Å². The van der Waals surface area contributed by atoms with Crippen LogP contribution < -0.4 is 10.0 Å². The Hall–Kier alpha value is -0.660. The van der Waals surface area contributed by atoms with Crippen LogP contribution in [0.25, 0.3) is 0 Å². The Bertz CT molecular complexity index is 346. The van der Waals surface area contributed by atoms with E-state index in [1.807, 2.05) is 4.90 Å². The fourth-order valence-electron chi connectivity index (χ4n) is 1.57. The van der Waals surface area contributed by atoms with Crippen LogP contribution in [0.15, 0.2) is 0 Å². The topological polar surface area (TPSA) is 78.5 Å². The van der Waals surface area contributed by atoms with Crippen molar-refractivity contribution in [1.29, 1.82) is 0 Å². The van der Waals surface area contributed by atoms with Crippen molar-refractivity contribution in [2.45, 2.75) is 25.5 Å². The maximum Gasteiger partial charge on any atom is 0.247 e. The molecule has 100 valence electrons. The molecule has 0 spiro atoms. The van der Waals surface area contributed by atoms with Crippen LogP contribution in [0.1, 0.15) is 20.3 Å². The number of hydrogen-bond donors (Lipinski definition) is 2. The summed E-state index contributed by atoms with van der Waals surface area (Å²) in [6.45, 7) is 6.62. The first-order valence-electron chi connectivity index (χ1n) is 5.89. The van der Waals surface area contributed by atoms with Gasteiger partial charge >= 0.3 is 0 Å². The lowest BCUT2D eigenvalue weighted by atomic mass is 10.4. The summed E-state index contributed by atoms with van der Waals surface area (Å²) < 4.78 is 25.1. The van der Waals surface area contributed by atoms with E-state index in [0.29, 0.717) is 0 Å². The fraction of sp³-hybridized carbons (Fsp3) is 0.900. The Morgan fingerprint density at radius 1 is 1.35 bits per heavy atom. The molecule has 0 bridgehead atoms. The summed E-state index contributed by atoms with van der Waals surface area (Å²) in [4.78, 5) is 13.6. The van der Waals surface area contributed by atoms with Crippen LogP contribution >= 0.6 is 0 Å². The Kier molecular flexibility index (Phi) is 5.35. The lowest BCUT2D eigenvalue weighted by Gasteiger charge is -2.19. The van der Waals surface area contributed by atoms with E-state index in [4.69, 9.17) is 0 Å². The molecule has 1 amide bonds. The monoisotopic (exact) mass is 263 g/mol. The molecular weight excluding hydrogens is 242 g/mol. The number of sulfonamides is 1. The average molecular weight is 263 g/mol. The SMILES string of the molecule is CC(C)S(=O)(=O)NC(=O)CN1CCCNCC1. The molecule has 1 rings (SSSR count). The summed E-state index contributed by atoms with van der Waals surface area (Å²) >= 11 is 0. The molecule has 0 saturated carbocycles. The van der Waals surface area contributed by atoms with Crippen molar-refractivity contribution >= 4 is 15.9 Å². The van der Waals surface area contributed by atoms with Crippen LogP contribution in [0, 0.1) is 0 Å². The van der Waals surface area contributed by atoms with Crippen LogP contribution in [0.3, 0.4) is 0 Å². The number of amides is 1. The van der Waals surface area contributed by atoms with Gasteiger partial charge in [0.25, 0.3) is 0 Å². The number of nitrogens with zero attached hydrogens (tertiary/aromatic N) is 1. The zero-order valence-electron chi connectivity index (χ0n) is 10.4. The first-order chi connectivity index (χ1) is 7.92. The zero-order valence-corrected chi connectivity index (χ0v) is 11.2. The van der Waals surface area contributed by atoms with E-state index >= 15 is 0 Å². The second kappa shape index (κ2) is 6.32. The second-order valence-corrected chi connectivity index (χ2v) is 6.74. The molecule has 0 unspecified atom stereocenters. The van der Waals surface area contributed by atoms with Crippen molar-refractivity contribution in [3.8, 4) is 0 Å². The van der Waals surface area contributed by atoms with Gasteiger partial charge in [-0.25, -0.2) is 8.42 Å². The maximum absolute atomic E-state index is 11.6. The second-order valence-electron chi connectivity index (χ2n) is 4.50. The van der Waals surface area contributed by atoms with Crippen molar-refractivity contribution in [2.24, 2.45) is 0 Å². The number of rotatable bonds is 4. The third kappa shape index (κ3) is 5.01. The highest BCUT2D eigenvalue weighted by Gasteiger charge is 2.20. The quantitative estimate of drug-likeness (QED) is 0.690. The van der Waals surface area contributed by atoms with E-state index in [9.17, 15) is 13.2 Å². The van der Waals surface area contributed by atoms with Gasteiger partial charge in [0.1, 0.15) is 0 Å². The molecule has 0 aromatic heterocycles. The maximum atomic E-state index is 11.6. The van der Waals surface area contributed by atoms with Crippen molar-refractivity contribution in [1.82, 2.24) is 14.9 Å². The fourth-order valence-corrected chi connectivity index (χ4v) is 2.19. The van der Waals surface area contributed by atoms with E-state index in [1.54, 1.807) is 13.8 Å². The molecule has 0 aliphatic carbocycles. The van der Waals surface area contributed by atoms with E-state index in [2.05, 4.69) is 10.0 Å². The molecule has 1 saturated heterocycles. The molecule has 7 heteroatoms. The third-order valence-corrected chi connectivity index (χ3v) is 4.43.